The number of ketones is 1. The number of rotatable bonds is 1. The van der Waals surface area contributed by atoms with Crippen LogP contribution in [0.5, 0.6) is 5.75 Å². The molecule has 0 heterocycles. The zero-order valence-corrected chi connectivity index (χ0v) is 7.86. The monoisotopic (exact) mass is 188 g/mol. The summed E-state index contributed by atoms with van der Waals surface area (Å²) in [7, 11) is 0. The smallest absolute Gasteiger partial charge is 0.158 e. The first-order valence-electron chi connectivity index (χ1n) is 4.79. The maximum absolute atomic E-state index is 11.3. The number of Topliss-reactive ketones (excluding diaryl/α,β-unsaturated/α-hetero) is 1. The second kappa shape index (κ2) is 3.66. The molecule has 1 aliphatic rings. The van der Waals surface area contributed by atoms with Gasteiger partial charge in [0.2, 0.25) is 0 Å². The van der Waals surface area contributed by atoms with Crippen LogP contribution in [0.25, 0.3) is 6.08 Å². The predicted molar refractivity (Wildman–Crippen MR) is 54.9 cm³/mol. The van der Waals surface area contributed by atoms with Gasteiger partial charge in [0.25, 0.3) is 0 Å². The quantitative estimate of drug-likeness (QED) is 0.687. The van der Waals surface area contributed by atoms with Crippen molar-refractivity contribution in [3.05, 3.63) is 35.4 Å². The Morgan fingerprint density at radius 2 is 2.00 bits per heavy atom. The molecular formula is C12H12O2. The van der Waals surface area contributed by atoms with Crippen LogP contribution in [0, 0.1) is 0 Å². The first kappa shape index (κ1) is 9.00. The highest BCUT2D eigenvalue weighted by atomic mass is 16.3. The third-order valence-electron chi connectivity index (χ3n) is 2.47. The van der Waals surface area contributed by atoms with E-state index in [1.54, 1.807) is 18.2 Å². The first-order valence-corrected chi connectivity index (χ1v) is 4.79. The van der Waals surface area contributed by atoms with E-state index < -0.39 is 0 Å². The van der Waals surface area contributed by atoms with Crippen LogP contribution in [-0.2, 0) is 4.79 Å². The number of hydrogen-bond acceptors (Lipinski definition) is 2. The summed E-state index contributed by atoms with van der Waals surface area (Å²) in [6.45, 7) is 0. The van der Waals surface area contributed by atoms with Crippen LogP contribution in [0.1, 0.15) is 24.8 Å². The normalized spacial score (nSPS) is 19.1. The van der Waals surface area contributed by atoms with Crippen molar-refractivity contribution in [2.24, 2.45) is 0 Å². The number of carbonyl (C=O) groups excluding carboxylic acids is 1. The molecule has 1 N–H and O–H groups in total. The van der Waals surface area contributed by atoms with Crippen molar-refractivity contribution in [3.8, 4) is 5.75 Å². The zero-order chi connectivity index (χ0) is 9.97. The molecule has 2 nitrogen and oxygen atoms in total. The van der Waals surface area contributed by atoms with Gasteiger partial charge in [-0.05, 0) is 30.6 Å². The molecular weight excluding hydrogens is 176 g/mol. The summed E-state index contributed by atoms with van der Waals surface area (Å²) in [5.41, 5.74) is 1.57. The van der Waals surface area contributed by atoms with Gasteiger partial charge in [0.1, 0.15) is 5.75 Å². The van der Waals surface area contributed by atoms with Crippen LogP contribution >= 0.6 is 0 Å². The van der Waals surface area contributed by atoms with Crippen molar-refractivity contribution in [1.29, 1.82) is 0 Å². The number of hydrogen-bond donors (Lipinski definition) is 1. The van der Waals surface area contributed by atoms with Gasteiger partial charge in [-0.15, -0.1) is 0 Å². The highest BCUT2D eigenvalue weighted by molar-refractivity contribution is 6.01. The topological polar surface area (TPSA) is 37.3 Å². The summed E-state index contributed by atoms with van der Waals surface area (Å²) in [5.74, 6) is 0.452. The predicted octanol–water partition coefficient (Wildman–Crippen LogP) is 2.53. The van der Waals surface area contributed by atoms with Crippen molar-refractivity contribution in [2.45, 2.75) is 19.3 Å². The summed E-state index contributed by atoms with van der Waals surface area (Å²) in [4.78, 5) is 11.3. The fourth-order valence-corrected chi connectivity index (χ4v) is 1.69. The van der Waals surface area contributed by atoms with E-state index >= 15 is 0 Å². The van der Waals surface area contributed by atoms with Crippen LogP contribution in [0.2, 0.25) is 0 Å². The molecule has 1 saturated carbocycles. The van der Waals surface area contributed by atoms with Crippen molar-refractivity contribution in [2.75, 3.05) is 0 Å². The largest absolute Gasteiger partial charge is 0.507 e. The molecule has 0 bridgehead atoms. The summed E-state index contributed by atoms with van der Waals surface area (Å²) in [5, 5.41) is 9.50. The van der Waals surface area contributed by atoms with E-state index in [4.69, 9.17) is 0 Å². The summed E-state index contributed by atoms with van der Waals surface area (Å²) < 4.78 is 0. The van der Waals surface area contributed by atoms with Gasteiger partial charge in [-0.2, -0.15) is 0 Å². The molecule has 1 aliphatic carbocycles. The molecule has 0 radical (unpaired) electrons. The lowest BCUT2D eigenvalue weighted by molar-refractivity contribution is -0.114. The molecule has 0 saturated heterocycles. The van der Waals surface area contributed by atoms with E-state index in [0.717, 1.165) is 24.0 Å². The third kappa shape index (κ3) is 1.69. The minimum absolute atomic E-state index is 0.216. The van der Waals surface area contributed by atoms with E-state index in [2.05, 4.69) is 0 Å². The lowest BCUT2D eigenvalue weighted by Gasteiger charge is -1.99. The Kier molecular flexibility index (Phi) is 2.35. The summed E-state index contributed by atoms with van der Waals surface area (Å²) >= 11 is 0. The van der Waals surface area contributed by atoms with E-state index in [0.29, 0.717) is 6.42 Å². The number of carbonyl (C=O) groups is 1. The minimum atomic E-state index is 0.216. The number of benzene rings is 1. The van der Waals surface area contributed by atoms with Crippen LogP contribution in [-0.4, -0.2) is 10.9 Å². The third-order valence-corrected chi connectivity index (χ3v) is 2.47. The Morgan fingerprint density at radius 3 is 2.64 bits per heavy atom. The van der Waals surface area contributed by atoms with Crippen molar-refractivity contribution >= 4 is 11.9 Å². The lowest BCUT2D eigenvalue weighted by atomic mass is 10.1. The number of phenols is 1. The average Bonchev–Trinajstić information content (AvgIpc) is 2.56. The highest BCUT2D eigenvalue weighted by Crippen LogP contribution is 2.26. The van der Waals surface area contributed by atoms with Gasteiger partial charge >= 0.3 is 0 Å². The van der Waals surface area contributed by atoms with Crippen molar-refractivity contribution in [1.82, 2.24) is 0 Å². The standard InChI is InChI=1S/C12H12O2/c13-11-6-2-1-4-9(11)8-10-5-3-7-12(10)14/h1-2,4,6,8,13H,3,5,7H2/b10-8+. The molecule has 0 atom stereocenters. The van der Waals surface area contributed by atoms with Gasteiger partial charge in [0.15, 0.2) is 5.78 Å². The molecule has 1 fully saturated rings. The first-order chi connectivity index (χ1) is 6.77. The van der Waals surface area contributed by atoms with Crippen LogP contribution in [0.3, 0.4) is 0 Å². The molecule has 2 heteroatoms. The molecule has 72 valence electrons. The van der Waals surface area contributed by atoms with Crippen LogP contribution in [0.4, 0.5) is 0 Å². The number of phenolic OH excluding ortho intramolecular Hbond substituents is 1. The van der Waals surface area contributed by atoms with E-state index in [9.17, 15) is 9.90 Å². The van der Waals surface area contributed by atoms with Crippen LogP contribution < -0.4 is 0 Å². The van der Waals surface area contributed by atoms with Gasteiger partial charge in [-0.1, -0.05) is 18.2 Å². The van der Waals surface area contributed by atoms with Crippen LogP contribution in [0.15, 0.2) is 29.8 Å². The molecule has 1 aromatic carbocycles. The Morgan fingerprint density at radius 1 is 1.21 bits per heavy atom. The molecule has 2 rings (SSSR count). The van der Waals surface area contributed by atoms with E-state index in [-0.39, 0.29) is 11.5 Å². The molecule has 0 spiro atoms. The van der Waals surface area contributed by atoms with E-state index in [1.807, 2.05) is 12.1 Å². The molecule has 0 aromatic heterocycles. The highest BCUT2D eigenvalue weighted by Gasteiger charge is 2.16. The zero-order valence-electron chi connectivity index (χ0n) is 7.86. The second-order valence-electron chi connectivity index (χ2n) is 3.51. The summed E-state index contributed by atoms with van der Waals surface area (Å²) in [6.07, 6.45) is 4.23. The fourth-order valence-electron chi connectivity index (χ4n) is 1.69. The summed E-state index contributed by atoms with van der Waals surface area (Å²) in [6, 6.07) is 7.07. The van der Waals surface area contributed by atoms with Gasteiger partial charge in [0, 0.05) is 12.0 Å². The Hall–Kier alpha value is -1.57. The van der Waals surface area contributed by atoms with Crippen molar-refractivity contribution < 1.29 is 9.90 Å². The molecule has 0 unspecified atom stereocenters. The lowest BCUT2D eigenvalue weighted by Crippen LogP contribution is -1.90. The molecule has 0 amide bonds. The second-order valence-corrected chi connectivity index (χ2v) is 3.51. The van der Waals surface area contributed by atoms with Crippen molar-refractivity contribution in [3.63, 3.8) is 0 Å². The number of allylic oxidation sites excluding steroid dienone is 1. The number of para-hydroxylation sites is 1. The van der Waals surface area contributed by atoms with Gasteiger partial charge in [-0.25, -0.2) is 0 Å². The average molecular weight is 188 g/mol. The van der Waals surface area contributed by atoms with E-state index in [1.165, 1.54) is 0 Å². The fraction of sp³-hybridized carbons (Fsp3) is 0.250. The Bertz CT molecular complexity index is 391. The Labute approximate surface area is 82.9 Å². The molecule has 1 aromatic rings. The SMILES string of the molecule is O=C1CCC/C1=C\c1ccccc1O. The maximum atomic E-state index is 11.3. The molecule has 0 aliphatic heterocycles. The van der Waals surface area contributed by atoms with Gasteiger partial charge in [-0.3, -0.25) is 4.79 Å². The Balaban J connectivity index is 2.33. The van der Waals surface area contributed by atoms with Gasteiger partial charge in [0.05, 0.1) is 0 Å². The maximum Gasteiger partial charge on any atom is 0.158 e. The minimum Gasteiger partial charge on any atom is -0.507 e. The number of aromatic hydroxyl groups is 1. The van der Waals surface area contributed by atoms with Gasteiger partial charge < -0.3 is 5.11 Å². The molecule has 14 heavy (non-hydrogen) atoms.